The van der Waals surface area contributed by atoms with E-state index in [2.05, 4.69) is 16.3 Å². The van der Waals surface area contributed by atoms with E-state index < -0.39 is 5.97 Å². The number of carbonyl (C=O) groups is 1. The third-order valence-corrected chi connectivity index (χ3v) is 3.83. The Labute approximate surface area is 126 Å². The molecule has 1 aromatic carbocycles. The monoisotopic (exact) mass is 302 g/mol. The van der Waals surface area contributed by atoms with Crippen LogP contribution >= 0.6 is 11.8 Å². The number of carboxylic acid groups (broad SMARTS) is 1. The number of aliphatic carboxylic acids is 1. The summed E-state index contributed by atoms with van der Waals surface area (Å²) in [7, 11) is 0. The van der Waals surface area contributed by atoms with Crippen LogP contribution in [-0.4, -0.2) is 31.6 Å². The first-order chi connectivity index (χ1) is 10.1. The van der Waals surface area contributed by atoms with Gasteiger partial charge in [-0.3, -0.25) is 9.36 Å². The highest BCUT2D eigenvalue weighted by molar-refractivity contribution is 7.99. The van der Waals surface area contributed by atoms with Gasteiger partial charge in [0.1, 0.15) is 5.82 Å². The average molecular weight is 302 g/mol. The Kier molecular flexibility index (Phi) is 4.60. The van der Waals surface area contributed by atoms with E-state index >= 15 is 0 Å². The Bertz CT molecular complexity index is 718. The highest BCUT2D eigenvalue weighted by Crippen LogP contribution is 2.25. The zero-order valence-electron chi connectivity index (χ0n) is 11.7. The number of hydrogen-bond donors (Lipinski definition) is 1. The summed E-state index contributed by atoms with van der Waals surface area (Å²) in [6.07, 6.45) is 0.664. The standard InChI is InChI=1S/C14H14N4O2S/c1-3-12-16-17-14(21-8-13(19)20)18(12)11-6-10(7-15)5-4-9(11)2/h4-6H,3,8H2,1-2H3,(H,19,20). The van der Waals surface area contributed by atoms with Gasteiger partial charge in [0, 0.05) is 6.42 Å². The summed E-state index contributed by atoms with van der Waals surface area (Å²) < 4.78 is 1.82. The third-order valence-electron chi connectivity index (χ3n) is 2.92. The van der Waals surface area contributed by atoms with E-state index in [1.54, 1.807) is 12.1 Å². The molecule has 0 bridgehead atoms. The third kappa shape index (κ3) is 3.23. The van der Waals surface area contributed by atoms with Gasteiger partial charge in [-0.25, -0.2) is 0 Å². The van der Waals surface area contributed by atoms with Crippen molar-refractivity contribution in [3.05, 3.63) is 35.2 Å². The van der Waals surface area contributed by atoms with Gasteiger partial charge in [-0.2, -0.15) is 5.26 Å². The van der Waals surface area contributed by atoms with Gasteiger partial charge >= 0.3 is 5.97 Å². The molecule has 0 fully saturated rings. The molecular weight excluding hydrogens is 288 g/mol. The van der Waals surface area contributed by atoms with E-state index in [4.69, 9.17) is 10.4 Å². The lowest BCUT2D eigenvalue weighted by Crippen LogP contribution is -2.06. The zero-order chi connectivity index (χ0) is 15.4. The number of aryl methyl sites for hydroxylation is 2. The van der Waals surface area contributed by atoms with Crippen LogP contribution in [-0.2, 0) is 11.2 Å². The molecule has 0 spiro atoms. The summed E-state index contributed by atoms with van der Waals surface area (Å²) in [5, 5.41) is 26.5. The summed E-state index contributed by atoms with van der Waals surface area (Å²) >= 11 is 1.12. The van der Waals surface area contributed by atoms with Crippen LogP contribution in [0.2, 0.25) is 0 Å². The van der Waals surface area contributed by atoms with Gasteiger partial charge in [-0.15, -0.1) is 10.2 Å². The Morgan fingerprint density at radius 2 is 2.24 bits per heavy atom. The fraction of sp³-hybridized carbons (Fsp3) is 0.286. The van der Waals surface area contributed by atoms with Crippen molar-refractivity contribution in [2.45, 2.75) is 25.4 Å². The molecule has 1 heterocycles. The van der Waals surface area contributed by atoms with Crippen LogP contribution < -0.4 is 0 Å². The molecule has 1 aromatic heterocycles. The Morgan fingerprint density at radius 1 is 1.48 bits per heavy atom. The van der Waals surface area contributed by atoms with Crippen molar-refractivity contribution in [3.63, 3.8) is 0 Å². The second-order valence-electron chi connectivity index (χ2n) is 4.38. The van der Waals surface area contributed by atoms with Gasteiger partial charge in [-0.1, -0.05) is 24.8 Å². The van der Waals surface area contributed by atoms with Crippen molar-refractivity contribution >= 4 is 17.7 Å². The largest absolute Gasteiger partial charge is 0.481 e. The van der Waals surface area contributed by atoms with Crippen molar-refractivity contribution in [2.75, 3.05) is 5.75 Å². The van der Waals surface area contributed by atoms with Crippen molar-refractivity contribution in [2.24, 2.45) is 0 Å². The lowest BCUT2D eigenvalue weighted by Gasteiger charge is -2.12. The van der Waals surface area contributed by atoms with Gasteiger partial charge in [0.2, 0.25) is 0 Å². The van der Waals surface area contributed by atoms with Gasteiger partial charge in [0.25, 0.3) is 0 Å². The summed E-state index contributed by atoms with van der Waals surface area (Å²) in [6, 6.07) is 7.48. The number of aromatic nitrogens is 3. The van der Waals surface area contributed by atoms with Crippen LogP contribution in [0.4, 0.5) is 0 Å². The molecule has 7 heteroatoms. The first-order valence-electron chi connectivity index (χ1n) is 6.36. The average Bonchev–Trinajstić information content (AvgIpc) is 2.88. The fourth-order valence-corrected chi connectivity index (χ4v) is 2.59. The minimum absolute atomic E-state index is 0.0845. The number of nitriles is 1. The maximum atomic E-state index is 10.7. The second-order valence-corrected chi connectivity index (χ2v) is 5.33. The van der Waals surface area contributed by atoms with Crippen LogP contribution in [0.1, 0.15) is 23.9 Å². The number of rotatable bonds is 5. The first-order valence-corrected chi connectivity index (χ1v) is 7.35. The van der Waals surface area contributed by atoms with Crippen molar-refractivity contribution in [3.8, 4) is 11.8 Å². The highest BCUT2D eigenvalue weighted by Gasteiger charge is 2.16. The molecule has 21 heavy (non-hydrogen) atoms. The molecule has 0 aliphatic carbocycles. The van der Waals surface area contributed by atoms with Gasteiger partial charge in [-0.05, 0) is 24.6 Å². The summed E-state index contributed by atoms with van der Waals surface area (Å²) in [4.78, 5) is 10.7. The molecule has 0 saturated carbocycles. The summed E-state index contributed by atoms with van der Waals surface area (Å²) in [5.74, 6) is -0.255. The zero-order valence-corrected chi connectivity index (χ0v) is 12.5. The molecule has 0 aliphatic rings. The molecule has 0 unspecified atom stereocenters. The van der Waals surface area contributed by atoms with Crippen LogP contribution in [0, 0.1) is 18.3 Å². The molecular formula is C14H14N4O2S. The predicted octanol–water partition coefficient (Wildman–Crippen LogP) is 2.19. The topological polar surface area (TPSA) is 91.8 Å². The van der Waals surface area contributed by atoms with Crippen molar-refractivity contribution in [1.29, 1.82) is 5.26 Å². The van der Waals surface area contributed by atoms with E-state index in [9.17, 15) is 4.79 Å². The summed E-state index contributed by atoms with van der Waals surface area (Å²) in [5.41, 5.74) is 2.32. The van der Waals surface area contributed by atoms with Crippen molar-refractivity contribution < 1.29 is 9.90 Å². The fourth-order valence-electron chi connectivity index (χ4n) is 1.91. The molecule has 6 nitrogen and oxygen atoms in total. The molecule has 1 N–H and O–H groups in total. The number of carboxylic acids is 1. The molecule has 2 rings (SSSR count). The number of nitrogens with zero attached hydrogens (tertiary/aromatic N) is 4. The minimum Gasteiger partial charge on any atom is -0.481 e. The molecule has 0 radical (unpaired) electrons. The Balaban J connectivity index is 2.53. The van der Waals surface area contributed by atoms with E-state index in [1.165, 1.54) is 0 Å². The highest BCUT2D eigenvalue weighted by atomic mass is 32.2. The SMILES string of the molecule is CCc1nnc(SCC(=O)O)n1-c1cc(C#N)ccc1C. The Morgan fingerprint density at radius 3 is 2.86 bits per heavy atom. The van der Waals surface area contributed by atoms with E-state index in [-0.39, 0.29) is 5.75 Å². The maximum Gasteiger partial charge on any atom is 0.313 e. The maximum absolute atomic E-state index is 10.7. The quantitative estimate of drug-likeness (QED) is 0.851. The lowest BCUT2D eigenvalue weighted by molar-refractivity contribution is -0.133. The molecule has 0 saturated heterocycles. The van der Waals surface area contributed by atoms with Crippen LogP contribution in [0.3, 0.4) is 0 Å². The summed E-state index contributed by atoms with van der Waals surface area (Å²) in [6.45, 7) is 3.89. The lowest BCUT2D eigenvalue weighted by atomic mass is 10.1. The van der Waals surface area contributed by atoms with E-state index in [1.807, 2.05) is 24.5 Å². The van der Waals surface area contributed by atoms with Crippen LogP contribution in [0.5, 0.6) is 0 Å². The Hall–Kier alpha value is -2.33. The number of thioether (sulfide) groups is 1. The molecule has 0 atom stereocenters. The van der Waals surface area contributed by atoms with E-state index in [0.29, 0.717) is 17.1 Å². The van der Waals surface area contributed by atoms with Crippen LogP contribution in [0.15, 0.2) is 23.4 Å². The van der Waals surface area contributed by atoms with Gasteiger partial charge in [0.05, 0.1) is 23.1 Å². The number of benzene rings is 1. The second kappa shape index (κ2) is 6.41. The first kappa shape index (κ1) is 15.1. The minimum atomic E-state index is -0.907. The van der Waals surface area contributed by atoms with E-state index in [0.717, 1.165) is 28.8 Å². The smallest absolute Gasteiger partial charge is 0.313 e. The van der Waals surface area contributed by atoms with Gasteiger partial charge in [0.15, 0.2) is 5.16 Å². The molecule has 0 amide bonds. The number of hydrogen-bond acceptors (Lipinski definition) is 5. The molecule has 108 valence electrons. The van der Waals surface area contributed by atoms with Crippen molar-refractivity contribution in [1.82, 2.24) is 14.8 Å². The normalized spacial score (nSPS) is 10.3. The predicted molar refractivity (Wildman–Crippen MR) is 78.5 cm³/mol. The van der Waals surface area contributed by atoms with Crippen LogP contribution in [0.25, 0.3) is 5.69 Å². The molecule has 2 aromatic rings. The molecule has 0 aliphatic heterocycles. The van der Waals surface area contributed by atoms with Gasteiger partial charge < -0.3 is 5.11 Å².